The number of halogens is 1. The van der Waals surface area contributed by atoms with Crippen LogP contribution in [-0.2, 0) is 45.0 Å². The number of carbonyl (C=O) groups excluding carboxylic acids is 2. The Hall–Kier alpha value is -6.84. The van der Waals surface area contributed by atoms with Crippen molar-refractivity contribution in [2.75, 3.05) is 0 Å². The predicted molar refractivity (Wildman–Crippen MR) is 330 cm³/mol. The predicted octanol–water partition coefficient (Wildman–Crippen LogP) is 14.4. The van der Waals surface area contributed by atoms with Crippen LogP contribution in [0.2, 0.25) is 0 Å². The molecule has 3 heterocycles. The molecule has 13 rings (SSSR count). The number of benzene rings is 4. The molecule has 0 N–H and O–H groups in total. The van der Waals surface area contributed by atoms with E-state index in [0.29, 0.717) is 60.2 Å². The summed E-state index contributed by atoms with van der Waals surface area (Å²) in [6.45, 7) is 39.3. The van der Waals surface area contributed by atoms with Crippen molar-refractivity contribution in [3.63, 3.8) is 0 Å². The largest absolute Gasteiger partial charge is 0.494 e. The summed E-state index contributed by atoms with van der Waals surface area (Å²) in [5.41, 5.74) is 14.1. The van der Waals surface area contributed by atoms with Crippen LogP contribution in [0.15, 0.2) is 102 Å². The molecule has 84 heavy (non-hydrogen) atoms. The van der Waals surface area contributed by atoms with Crippen molar-refractivity contribution in [1.29, 1.82) is 0 Å². The molecular weight excluding hydrogens is 1120 g/mol. The lowest BCUT2D eigenvalue weighted by atomic mass is 9.76. The molecule has 6 aliphatic carbocycles. The Balaban J connectivity index is 0.000000140. The summed E-state index contributed by atoms with van der Waals surface area (Å²) >= 11 is 3.54. The molecule has 5 fully saturated rings. The Morgan fingerprint density at radius 1 is 0.619 bits per heavy atom. The number of hydrogen-bond acceptors (Lipinski definition) is 10. The molecule has 2 unspecified atom stereocenters. The molecule has 7 aliphatic rings. The third kappa shape index (κ3) is 11.9. The highest BCUT2D eigenvalue weighted by Crippen LogP contribution is 2.63. The summed E-state index contributed by atoms with van der Waals surface area (Å²) in [6.07, 6.45) is 9.31. The second-order valence-electron chi connectivity index (χ2n) is 26.4. The zero-order valence-corrected chi connectivity index (χ0v) is 52.1. The van der Waals surface area contributed by atoms with Crippen molar-refractivity contribution in [3.05, 3.63) is 180 Å². The summed E-state index contributed by atoms with van der Waals surface area (Å²) < 4.78 is 37.6. The van der Waals surface area contributed by atoms with Gasteiger partial charge in [0.1, 0.15) is 48.5 Å². The molecule has 14 heteroatoms. The number of carbonyl (C=O) groups is 2. The van der Waals surface area contributed by atoms with Crippen molar-refractivity contribution >= 4 is 40.1 Å². The van der Waals surface area contributed by atoms with E-state index in [4.69, 9.17) is 41.4 Å². The number of aryl methyl sites for hydroxylation is 4. The van der Waals surface area contributed by atoms with E-state index in [-0.39, 0.29) is 53.4 Å². The molecule has 4 aromatic carbocycles. The maximum Gasteiger partial charge on any atom is 0.494 e. The Morgan fingerprint density at radius 3 is 1.49 bits per heavy atom. The molecule has 0 bridgehead atoms. The van der Waals surface area contributed by atoms with Crippen molar-refractivity contribution in [2.24, 2.45) is 23.7 Å². The van der Waals surface area contributed by atoms with Gasteiger partial charge in [-0.1, -0.05) is 58.4 Å². The number of pyridine rings is 2. The molecule has 6 aromatic rings. The lowest BCUT2D eigenvalue weighted by Crippen LogP contribution is -2.45. The number of Topliss-reactive ketones (excluding diaryl/α,β-unsaturated/α-hetero) is 2. The molecule has 4 saturated carbocycles. The highest BCUT2D eigenvalue weighted by Gasteiger charge is 2.59. The number of hydrogen-bond donors (Lipinski definition) is 0. The number of fused-ring (bicyclic) bond motifs is 6. The third-order valence-corrected chi connectivity index (χ3v) is 20.4. The lowest BCUT2D eigenvalue weighted by molar-refractivity contribution is -0.119. The van der Waals surface area contributed by atoms with Crippen LogP contribution < -0.4 is 24.4 Å². The average Bonchev–Trinajstić information content (AvgIpc) is 1.61. The monoisotopic (exact) mass is 1190 g/mol. The van der Waals surface area contributed by atoms with Gasteiger partial charge < -0.3 is 37.9 Å². The van der Waals surface area contributed by atoms with Gasteiger partial charge in [0.15, 0.2) is 0 Å². The fourth-order valence-electron chi connectivity index (χ4n) is 13.7. The van der Waals surface area contributed by atoms with Crippen molar-refractivity contribution in [1.82, 2.24) is 9.97 Å². The lowest BCUT2D eigenvalue weighted by Gasteiger charge is -2.35. The standard InChI is InChI=1S/C32H32N2O3.C24H28BNO4.C14H16BrNO/c1-18-9-24(37-25-14-32(4,15-25)33-5)10-19(2)29(18)22-8-6-7-21(11-22)17-36-28-13-23-12-26-30(20(3)35)31(26)27(23)16-34-28;1-14(27)21-18-10-16-11-20(26-12-19(16)22(18)21)28-13-15-7-6-8-17(9-15)25-29-23(2,3)24(4,5)30-25;1-9-5-11(6-10(2)13(9)15)17-12-7-14(3,8-12)16-4/h6-11,13,16,25-26,30-31H,12,14-15,17H2,1-4H3;6-9,11-12,18,21-22H,10,13H2,1-5H3;5-6,12H,7-8H2,1-3H3/t25?,26-,30-,31?,32?;18-,21-,22?;/m00./s1. The fourth-order valence-corrected chi connectivity index (χ4v) is 14.0. The van der Waals surface area contributed by atoms with Gasteiger partial charge >= 0.3 is 7.12 Å². The van der Waals surface area contributed by atoms with E-state index in [1.807, 2.05) is 62.6 Å². The highest BCUT2D eigenvalue weighted by molar-refractivity contribution is 9.10. The summed E-state index contributed by atoms with van der Waals surface area (Å²) in [4.78, 5) is 39.8. The van der Waals surface area contributed by atoms with Gasteiger partial charge in [-0.05, 0) is 208 Å². The molecular formula is C70H76BBrN4O8. The van der Waals surface area contributed by atoms with E-state index in [2.05, 4.69) is 140 Å². The van der Waals surface area contributed by atoms with Gasteiger partial charge in [-0.2, -0.15) is 0 Å². The molecule has 1 aliphatic heterocycles. The molecule has 434 valence electrons. The second-order valence-corrected chi connectivity index (χ2v) is 27.2. The van der Waals surface area contributed by atoms with Gasteiger partial charge in [-0.25, -0.2) is 23.1 Å². The van der Waals surface area contributed by atoms with Crippen LogP contribution in [0, 0.1) is 64.5 Å². The fraction of sp³-hybridized carbons (Fsp3) is 0.457. The molecule has 6 atom stereocenters. The third-order valence-electron chi connectivity index (χ3n) is 19.1. The Morgan fingerprint density at radius 2 is 1.05 bits per heavy atom. The first-order chi connectivity index (χ1) is 39.8. The molecule has 12 nitrogen and oxygen atoms in total. The second kappa shape index (κ2) is 22.5. The van der Waals surface area contributed by atoms with Gasteiger partial charge in [-0.15, -0.1) is 0 Å². The first-order valence-electron chi connectivity index (χ1n) is 29.6. The van der Waals surface area contributed by atoms with Gasteiger partial charge in [-0.3, -0.25) is 9.59 Å². The quantitative estimate of drug-likeness (QED) is 0.0769. The number of ether oxygens (including phenoxy) is 4. The summed E-state index contributed by atoms with van der Waals surface area (Å²) in [6, 6.07) is 29.0. The van der Waals surface area contributed by atoms with Crippen LogP contribution in [-0.4, -0.2) is 63.1 Å². The summed E-state index contributed by atoms with van der Waals surface area (Å²) in [5.74, 6) is 5.80. The first kappa shape index (κ1) is 58.9. The van der Waals surface area contributed by atoms with Crippen LogP contribution >= 0.6 is 15.9 Å². The van der Waals surface area contributed by atoms with Crippen LogP contribution in [0.1, 0.15) is 149 Å². The summed E-state index contributed by atoms with van der Waals surface area (Å²) in [5, 5.41) is 0. The minimum Gasteiger partial charge on any atom is -0.490 e. The minimum atomic E-state index is -0.381. The average molecular weight is 1190 g/mol. The van der Waals surface area contributed by atoms with Crippen LogP contribution in [0.3, 0.4) is 0 Å². The number of aromatic nitrogens is 2. The zero-order valence-electron chi connectivity index (χ0n) is 50.5. The molecule has 0 spiro atoms. The number of nitrogens with zero attached hydrogens (tertiary/aromatic N) is 4. The van der Waals surface area contributed by atoms with E-state index in [1.165, 1.54) is 50.1 Å². The van der Waals surface area contributed by atoms with E-state index >= 15 is 0 Å². The van der Waals surface area contributed by atoms with E-state index in [9.17, 15) is 9.59 Å². The Labute approximate surface area is 504 Å². The van der Waals surface area contributed by atoms with Crippen LogP contribution in [0.5, 0.6) is 23.3 Å². The van der Waals surface area contributed by atoms with E-state index in [1.54, 1.807) is 13.8 Å². The molecule has 1 saturated heterocycles. The van der Waals surface area contributed by atoms with Crippen molar-refractivity contribution in [2.45, 2.75) is 181 Å². The van der Waals surface area contributed by atoms with Gasteiger partial charge in [0.25, 0.3) is 0 Å². The maximum absolute atomic E-state index is 11.8. The SMILES string of the molecule is CC(=O)[C@@H]1C2c3cnc(OCc4cccc(B5OC(C)(C)C(C)(C)O5)c4)cc3C[C@H]21.[C-]#[N+]C1(C)CC(Oc2cc(C)c(-c3cccc(COc4cc5c(cn4)C4[C@@H](C5)[C@@H]4C(C)=O)c3)c(C)c2)C1.[C-]#[N+]C1(C)CC(Oc2cc(C)c(Br)c(C)c2)C1. The first-order valence-corrected chi connectivity index (χ1v) is 30.4. The molecule has 0 amide bonds. The number of ketones is 2. The van der Waals surface area contributed by atoms with Gasteiger partial charge in [0.2, 0.25) is 22.8 Å². The van der Waals surface area contributed by atoms with Crippen LogP contribution in [0.25, 0.3) is 20.8 Å². The minimum absolute atomic E-state index is 0.124. The molecule has 0 radical (unpaired) electrons. The number of rotatable bonds is 14. The molecule has 2 aromatic heterocycles. The van der Waals surface area contributed by atoms with Gasteiger partial charge in [0, 0.05) is 54.7 Å². The normalized spacial score (nSPS) is 27.2. The van der Waals surface area contributed by atoms with Crippen LogP contribution in [0.4, 0.5) is 0 Å². The van der Waals surface area contributed by atoms with E-state index in [0.717, 1.165) is 76.6 Å². The Bertz CT molecular complexity index is 3600. The maximum atomic E-state index is 11.8. The topological polar surface area (TPSA) is 124 Å². The smallest absolute Gasteiger partial charge is 0.490 e. The highest BCUT2D eigenvalue weighted by atomic mass is 79.9. The Kier molecular flexibility index (Phi) is 15.8. The summed E-state index contributed by atoms with van der Waals surface area (Å²) in [7, 11) is -0.381. The zero-order chi connectivity index (χ0) is 59.8. The van der Waals surface area contributed by atoms with E-state index < -0.39 is 0 Å². The van der Waals surface area contributed by atoms with Crippen molar-refractivity contribution < 1.29 is 37.8 Å². The van der Waals surface area contributed by atoms with Gasteiger partial charge in [0.05, 0.1) is 36.9 Å². The van der Waals surface area contributed by atoms with Crippen molar-refractivity contribution in [3.8, 4) is 34.4 Å².